The first-order chi connectivity index (χ1) is 16.9. The van der Waals surface area contributed by atoms with E-state index < -0.39 is 23.6 Å². The van der Waals surface area contributed by atoms with Gasteiger partial charge in [-0.15, -0.1) is 0 Å². The number of nitrogens with zero attached hydrogens (tertiary/aromatic N) is 1. The van der Waals surface area contributed by atoms with Gasteiger partial charge in [-0.3, -0.25) is 14.4 Å². The van der Waals surface area contributed by atoms with E-state index in [-0.39, 0.29) is 23.5 Å². The van der Waals surface area contributed by atoms with Gasteiger partial charge in [0.25, 0.3) is 11.8 Å². The van der Waals surface area contributed by atoms with Crippen molar-refractivity contribution in [2.45, 2.75) is 6.92 Å². The van der Waals surface area contributed by atoms with E-state index in [4.69, 9.17) is 4.74 Å². The Bertz CT molecular complexity index is 1350. The molecule has 1 aliphatic heterocycles. The molecule has 0 fully saturated rings. The molecule has 174 valence electrons. The smallest absolute Gasteiger partial charge is 0.330 e. The molecule has 0 saturated heterocycles. The van der Waals surface area contributed by atoms with E-state index in [9.17, 15) is 23.6 Å². The maximum Gasteiger partial charge on any atom is 0.330 e. The molecule has 0 radical (unpaired) electrons. The normalized spacial score (nSPS) is 13.0. The van der Waals surface area contributed by atoms with Crippen LogP contribution in [0, 0.1) is 5.82 Å². The molecule has 6 nitrogen and oxygen atoms in total. The summed E-state index contributed by atoms with van der Waals surface area (Å²) in [6.45, 7) is 1.91. The molecule has 0 aromatic heterocycles. The minimum absolute atomic E-state index is 0.223. The van der Waals surface area contributed by atoms with Gasteiger partial charge in [-0.25, -0.2) is 14.1 Å². The summed E-state index contributed by atoms with van der Waals surface area (Å²) in [5, 5.41) is 0. The van der Waals surface area contributed by atoms with Crippen molar-refractivity contribution in [1.29, 1.82) is 0 Å². The molecule has 35 heavy (non-hydrogen) atoms. The summed E-state index contributed by atoms with van der Waals surface area (Å²) in [5.41, 5.74) is 2.24. The van der Waals surface area contributed by atoms with Crippen LogP contribution < -0.4 is 0 Å². The molecule has 0 unspecified atom stereocenters. The predicted molar refractivity (Wildman–Crippen MR) is 128 cm³/mol. The summed E-state index contributed by atoms with van der Waals surface area (Å²) in [7, 11) is 0. The molecule has 0 N–H and O–H groups in total. The van der Waals surface area contributed by atoms with Gasteiger partial charge in [0, 0.05) is 23.4 Å². The quantitative estimate of drug-likeness (QED) is 0.213. The van der Waals surface area contributed by atoms with Crippen LogP contribution in [0.25, 0.3) is 12.2 Å². The average molecular weight is 469 g/mol. The highest BCUT2D eigenvalue weighted by Gasteiger charge is 2.33. The van der Waals surface area contributed by atoms with E-state index in [2.05, 4.69) is 0 Å². The van der Waals surface area contributed by atoms with Crippen molar-refractivity contribution in [2.24, 2.45) is 0 Å². The van der Waals surface area contributed by atoms with Crippen LogP contribution in [0.5, 0.6) is 0 Å². The molecule has 2 amide bonds. The maximum absolute atomic E-state index is 13.3. The maximum atomic E-state index is 13.3. The Morgan fingerprint density at radius 3 is 2.06 bits per heavy atom. The largest absolute Gasteiger partial charge is 0.463 e. The standard InChI is InChI=1S/C28H20FNO5/c1-2-35-25(31)12-7-18-15-19(17-21(16-18)26(32)20-8-10-22(29)11-9-20)13-14-30-27(33)23-5-3-4-6-24(23)28(30)34/h3-17H,2H2,1H3/b12-7+,14-13+. The molecule has 0 spiro atoms. The lowest BCUT2D eigenvalue weighted by Gasteiger charge is -2.09. The van der Waals surface area contributed by atoms with Crippen molar-refractivity contribution >= 4 is 35.7 Å². The second-order valence-electron chi connectivity index (χ2n) is 7.65. The van der Waals surface area contributed by atoms with Crippen molar-refractivity contribution in [1.82, 2.24) is 4.90 Å². The molecule has 0 bridgehead atoms. The molecule has 3 aromatic rings. The van der Waals surface area contributed by atoms with Crippen LogP contribution in [0.4, 0.5) is 4.39 Å². The Balaban J connectivity index is 1.68. The number of halogens is 1. The fourth-order valence-corrected chi connectivity index (χ4v) is 3.63. The van der Waals surface area contributed by atoms with Crippen LogP contribution in [0.3, 0.4) is 0 Å². The lowest BCUT2D eigenvalue weighted by Crippen LogP contribution is -2.23. The molecule has 1 aliphatic rings. The Morgan fingerprint density at radius 1 is 0.857 bits per heavy atom. The first kappa shape index (κ1) is 23.5. The van der Waals surface area contributed by atoms with E-state index in [1.54, 1.807) is 49.4 Å². The van der Waals surface area contributed by atoms with Crippen LogP contribution in [-0.4, -0.2) is 35.1 Å². The fourth-order valence-electron chi connectivity index (χ4n) is 3.63. The number of hydrogen-bond acceptors (Lipinski definition) is 5. The average Bonchev–Trinajstić information content (AvgIpc) is 3.11. The fraction of sp³-hybridized carbons (Fsp3) is 0.0714. The van der Waals surface area contributed by atoms with Crippen LogP contribution in [0.2, 0.25) is 0 Å². The summed E-state index contributed by atoms with van der Waals surface area (Å²) in [6.07, 6.45) is 5.62. The highest BCUT2D eigenvalue weighted by Crippen LogP contribution is 2.24. The number of hydrogen-bond donors (Lipinski definition) is 0. The Labute approximate surface area is 200 Å². The summed E-state index contributed by atoms with van der Waals surface area (Å²) >= 11 is 0. The molecular weight excluding hydrogens is 449 g/mol. The molecule has 3 aromatic carbocycles. The Morgan fingerprint density at radius 2 is 1.46 bits per heavy atom. The molecule has 1 heterocycles. The highest BCUT2D eigenvalue weighted by molar-refractivity contribution is 6.22. The van der Waals surface area contributed by atoms with E-state index in [0.717, 1.165) is 4.90 Å². The number of amides is 2. The van der Waals surface area contributed by atoms with Gasteiger partial charge in [-0.1, -0.05) is 12.1 Å². The number of carbonyl (C=O) groups excluding carboxylic acids is 4. The van der Waals surface area contributed by atoms with Crippen molar-refractivity contribution in [2.75, 3.05) is 6.61 Å². The minimum atomic E-state index is -0.536. The number of carbonyl (C=O) groups is 4. The Hall–Kier alpha value is -4.65. The van der Waals surface area contributed by atoms with Crippen LogP contribution in [0.15, 0.2) is 79.0 Å². The van der Waals surface area contributed by atoms with Crippen molar-refractivity contribution < 1.29 is 28.3 Å². The Kier molecular flexibility index (Phi) is 6.78. The van der Waals surface area contributed by atoms with Gasteiger partial charge in [-0.2, -0.15) is 0 Å². The van der Waals surface area contributed by atoms with E-state index in [1.807, 2.05) is 0 Å². The topological polar surface area (TPSA) is 80.8 Å². The van der Waals surface area contributed by atoms with E-state index in [1.165, 1.54) is 48.7 Å². The third kappa shape index (κ3) is 5.14. The monoisotopic (exact) mass is 469 g/mol. The summed E-state index contributed by atoms with van der Waals surface area (Å²) in [4.78, 5) is 51.0. The second kappa shape index (κ2) is 10.1. The zero-order valence-electron chi connectivity index (χ0n) is 18.7. The van der Waals surface area contributed by atoms with Gasteiger partial charge < -0.3 is 4.74 Å². The number of imide groups is 1. The number of fused-ring (bicyclic) bond motifs is 1. The second-order valence-corrected chi connectivity index (χ2v) is 7.65. The molecule has 0 saturated carbocycles. The molecular formula is C28H20FNO5. The summed E-state index contributed by atoms with van der Waals surface area (Å²) < 4.78 is 18.2. The van der Waals surface area contributed by atoms with Gasteiger partial charge in [0.15, 0.2) is 5.78 Å². The number of ether oxygens (including phenoxy) is 1. The van der Waals surface area contributed by atoms with Crippen LogP contribution in [-0.2, 0) is 9.53 Å². The van der Waals surface area contributed by atoms with Crippen molar-refractivity contribution in [3.8, 4) is 0 Å². The SMILES string of the molecule is CCOC(=O)/C=C/c1cc(/C=C/N2C(=O)c3ccccc3C2=O)cc(C(=O)c2ccc(F)cc2)c1. The lowest BCUT2D eigenvalue weighted by molar-refractivity contribution is -0.137. The zero-order valence-corrected chi connectivity index (χ0v) is 18.7. The first-order valence-electron chi connectivity index (χ1n) is 10.8. The van der Waals surface area contributed by atoms with Crippen molar-refractivity contribution in [3.05, 3.63) is 118 Å². The van der Waals surface area contributed by atoms with E-state index >= 15 is 0 Å². The number of ketones is 1. The first-order valence-corrected chi connectivity index (χ1v) is 10.8. The lowest BCUT2D eigenvalue weighted by atomic mass is 9.98. The molecule has 4 rings (SSSR count). The number of rotatable bonds is 7. The third-order valence-corrected chi connectivity index (χ3v) is 5.29. The van der Waals surface area contributed by atoms with Crippen molar-refractivity contribution in [3.63, 3.8) is 0 Å². The number of esters is 1. The van der Waals surface area contributed by atoms with E-state index in [0.29, 0.717) is 22.3 Å². The molecule has 7 heteroatoms. The van der Waals surface area contributed by atoms with Crippen LogP contribution >= 0.6 is 0 Å². The summed E-state index contributed by atoms with van der Waals surface area (Å²) in [6, 6.07) is 16.6. The van der Waals surface area contributed by atoms with Gasteiger partial charge in [0.05, 0.1) is 17.7 Å². The van der Waals surface area contributed by atoms with Gasteiger partial charge >= 0.3 is 5.97 Å². The zero-order chi connectivity index (χ0) is 24.9. The number of benzene rings is 3. The molecule has 0 aliphatic carbocycles. The van der Waals surface area contributed by atoms with Gasteiger partial charge in [-0.05, 0) is 84.8 Å². The van der Waals surface area contributed by atoms with Gasteiger partial charge in [0.1, 0.15) is 5.82 Å². The predicted octanol–water partition coefficient (Wildman–Crippen LogP) is 4.90. The minimum Gasteiger partial charge on any atom is -0.463 e. The summed E-state index contributed by atoms with van der Waals surface area (Å²) in [5.74, 6) is -2.24. The van der Waals surface area contributed by atoms with Crippen LogP contribution in [0.1, 0.15) is 54.7 Å². The molecule has 0 atom stereocenters. The van der Waals surface area contributed by atoms with Gasteiger partial charge in [0.2, 0.25) is 0 Å². The third-order valence-electron chi connectivity index (χ3n) is 5.29. The highest BCUT2D eigenvalue weighted by atomic mass is 19.1.